The maximum Gasteiger partial charge on any atom is 0.254 e. The molecule has 0 saturated carbocycles. The second kappa shape index (κ2) is 11.4. The standard InChI is InChI=1S/C29H35N5O4/c1-4-34-16-22(14-30-34)15-33-11-10-26-25(17-33)31-28(35)18-32(3)29(36)23-9-8-20(2)27(13-23)38-24-7-5-6-21(12-24)19-37-26/h5-9,12-14,16,25-26H,4,10-11,15,17-19H2,1-3H3,(H,31,35)/t25-,26+/m0/s1. The lowest BCUT2D eigenvalue weighted by Gasteiger charge is -2.39. The minimum absolute atomic E-state index is 0.0472. The van der Waals surface area contributed by atoms with Gasteiger partial charge in [0.15, 0.2) is 0 Å². The largest absolute Gasteiger partial charge is 0.457 e. The van der Waals surface area contributed by atoms with Gasteiger partial charge in [-0.25, -0.2) is 0 Å². The molecule has 1 saturated heterocycles. The van der Waals surface area contributed by atoms with E-state index in [2.05, 4.69) is 28.4 Å². The van der Waals surface area contributed by atoms with E-state index in [4.69, 9.17) is 9.47 Å². The van der Waals surface area contributed by atoms with Crippen LogP contribution in [0.3, 0.4) is 0 Å². The fourth-order valence-electron chi connectivity index (χ4n) is 5.03. The van der Waals surface area contributed by atoms with Gasteiger partial charge in [0.05, 0.1) is 31.5 Å². The number of fused-ring (bicyclic) bond motifs is 5. The number of aromatic nitrogens is 2. The molecule has 3 aromatic rings. The zero-order chi connectivity index (χ0) is 26.6. The van der Waals surface area contributed by atoms with Gasteiger partial charge in [0, 0.05) is 50.6 Å². The number of hydrogen-bond acceptors (Lipinski definition) is 6. The molecule has 1 fully saturated rings. The first kappa shape index (κ1) is 25.9. The van der Waals surface area contributed by atoms with Crippen molar-refractivity contribution in [1.29, 1.82) is 0 Å². The monoisotopic (exact) mass is 517 g/mol. The first-order valence-electron chi connectivity index (χ1n) is 13.2. The van der Waals surface area contributed by atoms with Crippen LogP contribution in [0, 0.1) is 6.92 Å². The van der Waals surface area contributed by atoms with Crippen LogP contribution in [0.1, 0.15) is 40.4 Å². The minimum atomic E-state index is -0.239. The molecule has 0 spiro atoms. The predicted molar refractivity (Wildman–Crippen MR) is 143 cm³/mol. The number of benzene rings is 2. The number of amides is 2. The topological polar surface area (TPSA) is 88.9 Å². The second-order valence-corrected chi connectivity index (χ2v) is 10.1. The summed E-state index contributed by atoms with van der Waals surface area (Å²) >= 11 is 0. The Morgan fingerprint density at radius 3 is 2.84 bits per heavy atom. The lowest BCUT2D eigenvalue weighted by atomic mass is 10.0. The van der Waals surface area contributed by atoms with Gasteiger partial charge < -0.3 is 19.7 Å². The molecule has 5 rings (SSSR count). The van der Waals surface area contributed by atoms with Crippen molar-refractivity contribution in [2.45, 2.75) is 52.1 Å². The molecule has 9 nitrogen and oxygen atoms in total. The number of nitrogens with zero attached hydrogens (tertiary/aromatic N) is 4. The Labute approximate surface area is 223 Å². The molecule has 2 aliphatic rings. The lowest BCUT2D eigenvalue weighted by Crippen LogP contribution is -2.57. The molecule has 1 aromatic heterocycles. The highest BCUT2D eigenvalue weighted by molar-refractivity contribution is 5.96. The third-order valence-corrected chi connectivity index (χ3v) is 7.15. The van der Waals surface area contributed by atoms with Gasteiger partial charge in [0.1, 0.15) is 11.5 Å². The third kappa shape index (κ3) is 6.06. The molecule has 3 heterocycles. The maximum absolute atomic E-state index is 13.1. The lowest BCUT2D eigenvalue weighted by molar-refractivity contribution is -0.125. The summed E-state index contributed by atoms with van der Waals surface area (Å²) in [6, 6.07) is 12.9. The van der Waals surface area contributed by atoms with E-state index in [0.29, 0.717) is 30.2 Å². The Bertz CT molecular complexity index is 1310. The van der Waals surface area contributed by atoms with E-state index in [1.165, 1.54) is 4.90 Å². The van der Waals surface area contributed by atoms with E-state index in [9.17, 15) is 9.59 Å². The molecule has 2 aromatic carbocycles. The van der Waals surface area contributed by atoms with Gasteiger partial charge in [-0.1, -0.05) is 18.2 Å². The van der Waals surface area contributed by atoms with Crippen LogP contribution in [0.5, 0.6) is 11.5 Å². The summed E-state index contributed by atoms with van der Waals surface area (Å²) in [4.78, 5) is 30.0. The van der Waals surface area contributed by atoms with Crippen LogP contribution in [0.15, 0.2) is 54.9 Å². The number of aryl methyl sites for hydroxylation is 2. The molecule has 1 N–H and O–H groups in total. The van der Waals surface area contributed by atoms with Crippen LogP contribution < -0.4 is 10.1 Å². The van der Waals surface area contributed by atoms with Crippen LogP contribution >= 0.6 is 0 Å². The summed E-state index contributed by atoms with van der Waals surface area (Å²) in [6.07, 6.45) is 4.59. The SMILES string of the molecule is CCn1cc(CN2CC[C@H]3OCc4cccc(c4)Oc4cc(ccc4C)C(=O)N(C)CC(=O)N[C@H]3C2)cn1. The summed E-state index contributed by atoms with van der Waals surface area (Å²) in [5.41, 5.74) is 3.52. The first-order valence-corrected chi connectivity index (χ1v) is 13.2. The number of rotatable bonds is 3. The van der Waals surface area contributed by atoms with Crippen LogP contribution in [0.4, 0.5) is 0 Å². The number of carbonyl (C=O) groups excluding carboxylic acids is 2. The maximum atomic E-state index is 13.1. The third-order valence-electron chi connectivity index (χ3n) is 7.15. The van der Waals surface area contributed by atoms with Gasteiger partial charge in [-0.2, -0.15) is 5.10 Å². The fourth-order valence-corrected chi connectivity index (χ4v) is 5.03. The number of ether oxygens (including phenoxy) is 2. The van der Waals surface area contributed by atoms with Gasteiger partial charge in [-0.05, 0) is 55.7 Å². The molecule has 4 bridgehead atoms. The quantitative estimate of drug-likeness (QED) is 0.573. The average molecular weight is 518 g/mol. The van der Waals surface area contributed by atoms with E-state index in [-0.39, 0.29) is 30.5 Å². The van der Waals surface area contributed by atoms with Gasteiger partial charge in [0.25, 0.3) is 5.91 Å². The Balaban J connectivity index is 1.38. The summed E-state index contributed by atoms with van der Waals surface area (Å²) in [5, 5.41) is 7.54. The van der Waals surface area contributed by atoms with Crippen LogP contribution in [0.2, 0.25) is 0 Å². The van der Waals surface area contributed by atoms with Gasteiger partial charge >= 0.3 is 0 Å². The number of piperidine rings is 1. The summed E-state index contributed by atoms with van der Waals surface area (Å²) in [6.45, 7) is 7.45. The van der Waals surface area contributed by atoms with Crippen molar-refractivity contribution in [3.63, 3.8) is 0 Å². The van der Waals surface area contributed by atoms with Gasteiger partial charge in [-0.15, -0.1) is 0 Å². The highest BCUT2D eigenvalue weighted by atomic mass is 16.5. The first-order chi connectivity index (χ1) is 18.4. The minimum Gasteiger partial charge on any atom is -0.457 e. The molecule has 0 radical (unpaired) electrons. The second-order valence-electron chi connectivity index (χ2n) is 10.1. The van der Waals surface area contributed by atoms with Crippen molar-refractivity contribution >= 4 is 11.8 Å². The number of likely N-dealkylation sites (tertiary alicyclic amines) is 1. The van der Waals surface area contributed by atoms with Crippen molar-refractivity contribution in [1.82, 2.24) is 24.9 Å². The van der Waals surface area contributed by atoms with E-state index >= 15 is 0 Å². The Hall–Kier alpha value is -3.69. The van der Waals surface area contributed by atoms with Gasteiger partial charge in [-0.3, -0.25) is 19.2 Å². The Kier molecular flexibility index (Phi) is 7.76. The summed E-state index contributed by atoms with van der Waals surface area (Å²) < 4.78 is 14.5. The predicted octanol–water partition coefficient (Wildman–Crippen LogP) is 3.37. The zero-order valence-electron chi connectivity index (χ0n) is 22.2. The van der Waals surface area contributed by atoms with Crippen LogP contribution in [0.25, 0.3) is 0 Å². The van der Waals surface area contributed by atoms with Crippen molar-refractivity contribution in [3.05, 3.63) is 77.1 Å². The highest BCUT2D eigenvalue weighted by Gasteiger charge is 2.32. The molecule has 200 valence electrons. The van der Waals surface area contributed by atoms with E-state index in [1.54, 1.807) is 19.2 Å². The summed E-state index contributed by atoms with van der Waals surface area (Å²) in [5.74, 6) is 0.844. The van der Waals surface area contributed by atoms with Crippen molar-refractivity contribution in [2.24, 2.45) is 0 Å². The van der Waals surface area contributed by atoms with Crippen molar-refractivity contribution in [2.75, 3.05) is 26.7 Å². The Morgan fingerprint density at radius 1 is 1.16 bits per heavy atom. The fraction of sp³-hybridized carbons (Fsp3) is 0.414. The number of carbonyl (C=O) groups is 2. The number of hydrogen-bond donors (Lipinski definition) is 1. The molecule has 2 aliphatic heterocycles. The van der Waals surface area contributed by atoms with E-state index in [0.717, 1.165) is 42.7 Å². The summed E-state index contributed by atoms with van der Waals surface area (Å²) in [7, 11) is 1.64. The molecule has 2 atom stereocenters. The van der Waals surface area contributed by atoms with Crippen molar-refractivity contribution in [3.8, 4) is 11.5 Å². The van der Waals surface area contributed by atoms with Crippen LogP contribution in [-0.4, -0.2) is 70.2 Å². The Morgan fingerprint density at radius 2 is 2.03 bits per heavy atom. The van der Waals surface area contributed by atoms with E-state index in [1.807, 2.05) is 48.1 Å². The molecular formula is C29H35N5O4. The molecule has 9 heteroatoms. The smallest absolute Gasteiger partial charge is 0.254 e. The van der Waals surface area contributed by atoms with E-state index < -0.39 is 0 Å². The normalized spacial score (nSPS) is 21.0. The molecule has 38 heavy (non-hydrogen) atoms. The number of nitrogens with one attached hydrogen (secondary N) is 1. The molecule has 0 aliphatic carbocycles. The molecule has 0 unspecified atom stereocenters. The zero-order valence-corrected chi connectivity index (χ0v) is 22.2. The van der Waals surface area contributed by atoms with Gasteiger partial charge in [0.2, 0.25) is 5.91 Å². The van der Waals surface area contributed by atoms with Crippen molar-refractivity contribution < 1.29 is 19.1 Å². The average Bonchev–Trinajstić information content (AvgIpc) is 3.36. The van der Waals surface area contributed by atoms with Crippen LogP contribution in [-0.2, 0) is 29.2 Å². The molecular weight excluding hydrogens is 482 g/mol. The highest BCUT2D eigenvalue weighted by Crippen LogP contribution is 2.28. The number of likely N-dealkylation sites (N-methyl/N-ethyl adjacent to an activating group) is 1. The molecule has 2 amide bonds.